The van der Waals surface area contributed by atoms with Crippen molar-refractivity contribution in [2.75, 3.05) is 0 Å². The van der Waals surface area contributed by atoms with E-state index in [1.54, 1.807) is 0 Å². The van der Waals surface area contributed by atoms with E-state index < -0.39 is 0 Å². The first kappa shape index (κ1) is 8.01. The third-order valence-electron chi connectivity index (χ3n) is 3.21. The van der Waals surface area contributed by atoms with Crippen LogP contribution in [0.25, 0.3) is 0 Å². The maximum absolute atomic E-state index is 6.00. The van der Waals surface area contributed by atoms with E-state index in [2.05, 4.69) is 10.2 Å². The Morgan fingerprint density at radius 1 is 0.923 bits per heavy atom. The molecule has 1 aromatic rings. The molecule has 0 saturated heterocycles. The number of aromatic nitrogens is 2. The highest BCUT2D eigenvalue weighted by atomic mass is 35.5. The lowest BCUT2D eigenvalue weighted by Crippen LogP contribution is -2.03. The van der Waals surface area contributed by atoms with Gasteiger partial charge in [-0.2, -0.15) is 0 Å². The maximum atomic E-state index is 6.00. The van der Waals surface area contributed by atoms with Crippen molar-refractivity contribution < 1.29 is 0 Å². The number of hydrogen-bond donors (Lipinski definition) is 0. The topological polar surface area (TPSA) is 25.8 Å². The summed E-state index contributed by atoms with van der Waals surface area (Å²) in [5.41, 5.74) is 2.36. The predicted octanol–water partition coefficient (Wildman–Crippen LogP) is 3.15. The van der Waals surface area contributed by atoms with Gasteiger partial charge < -0.3 is 0 Å². The monoisotopic (exact) mass is 214 g/mol. The van der Waals surface area contributed by atoms with E-state index in [4.69, 9.17) is 23.2 Å². The second-order valence-electron chi connectivity index (χ2n) is 3.82. The molecule has 1 aromatic heterocycles. The molecule has 2 nitrogen and oxygen atoms in total. The van der Waals surface area contributed by atoms with Gasteiger partial charge in [0.15, 0.2) is 10.3 Å². The van der Waals surface area contributed by atoms with Crippen LogP contribution in [0.15, 0.2) is 0 Å². The molecule has 0 amide bonds. The van der Waals surface area contributed by atoms with Gasteiger partial charge in [0.1, 0.15) is 0 Å². The van der Waals surface area contributed by atoms with Crippen LogP contribution in [0.2, 0.25) is 10.3 Å². The quantitative estimate of drug-likeness (QED) is 0.664. The van der Waals surface area contributed by atoms with Crippen molar-refractivity contribution >= 4 is 23.2 Å². The smallest absolute Gasteiger partial charge is 0.137 e. The molecule has 1 fully saturated rings. The van der Waals surface area contributed by atoms with Crippen LogP contribution in [-0.4, -0.2) is 10.2 Å². The van der Waals surface area contributed by atoms with E-state index in [1.807, 2.05) is 0 Å². The molecule has 3 rings (SSSR count). The molecule has 2 unspecified atom stereocenters. The highest BCUT2D eigenvalue weighted by Crippen LogP contribution is 2.55. The van der Waals surface area contributed by atoms with Gasteiger partial charge in [-0.25, -0.2) is 0 Å². The molecule has 0 spiro atoms. The molecular weight excluding hydrogens is 207 g/mol. The lowest BCUT2D eigenvalue weighted by molar-refractivity contribution is 0.705. The molecule has 1 saturated carbocycles. The average Bonchev–Trinajstić information content (AvgIpc) is 2.70. The van der Waals surface area contributed by atoms with Gasteiger partial charge in [0, 0.05) is 11.1 Å². The Kier molecular flexibility index (Phi) is 1.59. The number of nitrogens with zero attached hydrogens (tertiary/aromatic N) is 2. The van der Waals surface area contributed by atoms with Gasteiger partial charge in [-0.3, -0.25) is 0 Å². The third kappa shape index (κ3) is 0.960. The zero-order valence-corrected chi connectivity index (χ0v) is 8.44. The highest BCUT2D eigenvalue weighted by molar-refractivity contribution is 6.32. The molecule has 2 aliphatic carbocycles. The largest absolute Gasteiger partial charge is 0.155 e. The Labute approximate surface area is 86.3 Å². The average molecular weight is 215 g/mol. The third-order valence-corrected chi connectivity index (χ3v) is 3.77. The molecule has 13 heavy (non-hydrogen) atoms. The summed E-state index contributed by atoms with van der Waals surface area (Å²) in [6.07, 6.45) is 3.67. The number of fused-ring (bicyclic) bond motifs is 5. The minimum Gasteiger partial charge on any atom is -0.137 e. The molecular formula is C9H8Cl2N2. The van der Waals surface area contributed by atoms with Crippen molar-refractivity contribution in [2.45, 2.75) is 31.1 Å². The molecule has 2 atom stereocenters. The van der Waals surface area contributed by atoms with Crippen molar-refractivity contribution in [1.29, 1.82) is 0 Å². The minimum atomic E-state index is 0.562. The van der Waals surface area contributed by atoms with Crippen molar-refractivity contribution in [3.63, 3.8) is 0 Å². The van der Waals surface area contributed by atoms with Crippen molar-refractivity contribution in [3.05, 3.63) is 21.4 Å². The second-order valence-corrected chi connectivity index (χ2v) is 4.53. The second kappa shape index (κ2) is 2.58. The summed E-state index contributed by atoms with van der Waals surface area (Å²) < 4.78 is 0. The van der Waals surface area contributed by atoms with Crippen LogP contribution in [0, 0.1) is 0 Å². The number of rotatable bonds is 0. The first-order chi connectivity index (χ1) is 6.27. The van der Waals surface area contributed by atoms with E-state index in [-0.39, 0.29) is 0 Å². The summed E-state index contributed by atoms with van der Waals surface area (Å²) in [5.74, 6) is 1.20. The Hall–Kier alpha value is -0.340. The van der Waals surface area contributed by atoms with Crippen LogP contribution in [-0.2, 0) is 0 Å². The summed E-state index contributed by atoms with van der Waals surface area (Å²) in [4.78, 5) is 0. The standard InChI is InChI=1S/C9H8Cl2N2/c10-8-6-4-1-2-5(3-4)7(6)9(11)13-12-8/h4-5H,1-3H2. The lowest BCUT2D eigenvalue weighted by atomic mass is 9.95. The van der Waals surface area contributed by atoms with Gasteiger partial charge in [0.05, 0.1) is 0 Å². The number of hydrogen-bond acceptors (Lipinski definition) is 2. The van der Waals surface area contributed by atoms with E-state index in [9.17, 15) is 0 Å². The van der Waals surface area contributed by atoms with Gasteiger partial charge in [0.25, 0.3) is 0 Å². The van der Waals surface area contributed by atoms with Crippen LogP contribution in [0.1, 0.15) is 42.2 Å². The van der Waals surface area contributed by atoms with Crippen LogP contribution in [0.5, 0.6) is 0 Å². The summed E-state index contributed by atoms with van der Waals surface area (Å²) in [5, 5.41) is 8.83. The Morgan fingerprint density at radius 3 is 1.85 bits per heavy atom. The van der Waals surface area contributed by atoms with Gasteiger partial charge in [-0.05, 0) is 31.1 Å². The molecule has 68 valence electrons. The fraction of sp³-hybridized carbons (Fsp3) is 0.556. The molecule has 2 aliphatic rings. The first-order valence-corrected chi connectivity index (χ1v) is 5.24. The Balaban J connectivity index is 2.30. The Morgan fingerprint density at radius 2 is 1.38 bits per heavy atom. The summed E-state index contributed by atoms with van der Waals surface area (Å²) in [6, 6.07) is 0. The molecule has 0 N–H and O–H groups in total. The minimum absolute atomic E-state index is 0.562. The van der Waals surface area contributed by atoms with Gasteiger partial charge >= 0.3 is 0 Å². The number of halogens is 2. The van der Waals surface area contributed by atoms with Crippen LogP contribution in [0.3, 0.4) is 0 Å². The summed E-state index contributed by atoms with van der Waals surface area (Å²) in [6.45, 7) is 0. The van der Waals surface area contributed by atoms with E-state index in [0.29, 0.717) is 22.1 Å². The normalized spacial score (nSPS) is 29.4. The van der Waals surface area contributed by atoms with Gasteiger partial charge in [0.2, 0.25) is 0 Å². The summed E-state index contributed by atoms with van der Waals surface area (Å²) >= 11 is 12.0. The summed E-state index contributed by atoms with van der Waals surface area (Å²) in [7, 11) is 0. The van der Waals surface area contributed by atoms with E-state index >= 15 is 0 Å². The molecule has 2 bridgehead atoms. The maximum Gasteiger partial charge on any atom is 0.155 e. The van der Waals surface area contributed by atoms with Crippen molar-refractivity contribution in [3.8, 4) is 0 Å². The predicted molar refractivity (Wildman–Crippen MR) is 51.4 cm³/mol. The SMILES string of the molecule is Clc1nnc(Cl)c2c1C1CCC2C1. The van der Waals surface area contributed by atoms with Gasteiger partial charge in [-0.1, -0.05) is 23.2 Å². The highest BCUT2D eigenvalue weighted by Gasteiger charge is 2.40. The van der Waals surface area contributed by atoms with Crippen molar-refractivity contribution in [1.82, 2.24) is 10.2 Å². The fourth-order valence-corrected chi connectivity index (χ4v) is 3.29. The molecule has 1 heterocycles. The first-order valence-electron chi connectivity index (χ1n) is 4.49. The molecule has 0 aromatic carbocycles. The van der Waals surface area contributed by atoms with Crippen LogP contribution in [0.4, 0.5) is 0 Å². The van der Waals surface area contributed by atoms with Gasteiger partial charge in [-0.15, -0.1) is 10.2 Å². The Bertz CT molecular complexity index is 343. The van der Waals surface area contributed by atoms with Crippen LogP contribution >= 0.6 is 23.2 Å². The van der Waals surface area contributed by atoms with Crippen LogP contribution < -0.4 is 0 Å². The van der Waals surface area contributed by atoms with Crippen molar-refractivity contribution in [2.24, 2.45) is 0 Å². The zero-order chi connectivity index (χ0) is 9.00. The van der Waals surface area contributed by atoms with E-state index in [0.717, 1.165) is 0 Å². The molecule has 0 aliphatic heterocycles. The molecule has 0 radical (unpaired) electrons. The molecule has 4 heteroatoms. The van der Waals surface area contributed by atoms with E-state index in [1.165, 1.54) is 30.4 Å². The zero-order valence-electron chi connectivity index (χ0n) is 6.93. The fourth-order valence-electron chi connectivity index (χ4n) is 2.70. The lowest BCUT2D eigenvalue weighted by Gasteiger charge is -2.15.